The molecule has 1 aliphatic heterocycles. The number of aryl methyl sites for hydroxylation is 1. The van der Waals surface area contributed by atoms with E-state index in [4.69, 9.17) is 4.98 Å². The summed E-state index contributed by atoms with van der Waals surface area (Å²) in [5.41, 5.74) is 8.49. The largest absolute Gasteiger partial charge is 0.369 e. The third kappa shape index (κ3) is 4.06. The van der Waals surface area contributed by atoms with Crippen molar-refractivity contribution in [1.29, 1.82) is 0 Å². The summed E-state index contributed by atoms with van der Waals surface area (Å²) >= 11 is 0. The third-order valence-corrected chi connectivity index (χ3v) is 7.37. The molecule has 1 aliphatic rings. The van der Waals surface area contributed by atoms with Crippen LogP contribution in [0.3, 0.4) is 0 Å². The molecule has 0 aliphatic carbocycles. The monoisotopic (exact) mass is 503 g/mol. The summed E-state index contributed by atoms with van der Waals surface area (Å²) in [5, 5.41) is 13.4. The second-order valence-corrected chi connectivity index (χ2v) is 9.97. The van der Waals surface area contributed by atoms with Crippen molar-refractivity contribution in [3.05, 3.63) is 79.5 Å². The summed E-state index contributed by atoms with van der Waals surface area (Å²) in [5.74, 6) is 0.812. The molecule has 0 radical (unpaired) electrons. The number of fused-ring (bicyclic) bond motifs is 2. The lowest BCUT2D eigenvalue weighted by Crippen LogP contribution is -2.44. The van der Waals surface area contributed by atoms with Gasteiger partial charge in [0, 0.05) is 85.3 Å². The number of aromatic nitrogens is 6. The van der Waals surface area contributed by atoms with Gasteiger partial charge >= 0.3 is 0 Å². The van der Waals surface area contributed by atoms with Gasteiger partial charge in [-0.2, -0.15) is 10.2 Å². The molecular weight excluding hydrogens is 474 g/mol. The van der Waals surface area contributed by atoms with Crippen LogP contribution in [-0.4, -0.2) is 67.5 Å². The molecule has 9 nitrogen and oxygen atoms in total. The average Bonchev–Trinajstić information content (AvgIpc) is 3.66. The maximum absolute atomic E-state index is 4.87. The molecular formula is C29H29N9. The van der Waals surface area contributed by atoms with Crippen molar-refractivity contribution in [2.45, 2.75) is 0 Å². The molecule has 0 unspecified atom stereocenters. The van der Waals surface area contributed by atoms with Crippen molar-refractivity contribution < 1.29 is 0 Å². The Balaban J connectivity index is 1.16. The number of rotatable bonds is 5. The van der Waals surface area contributed by atoms with Crippen molar-refractivity contribution in [2.24, 2.45) is 7.05 Å². The van der Waals surface area contributed by atoms with Crippen molar-refractivity contribution in [3.63, 3.8) is 0 Å². The fraction of sp³-hybridized carbons (Fsp3) is 0.207. The fourth-order valence-corrected chi connectivity index (χ4v) is 5.24. The number of pyridine rings is 2. The first-order chi connectivity index (χ1) is 18.6. The average molecular weight is 504 g/mol. The minimum atomic E-state index is 0.812. The number of aromatic amines is 1. The summed E-state index contributed by atoms with van der Waals surface area (Å²) < 4.78 is 3.71. The van der Waals surface area contributed by atoms with Gasteiger partial charge in [-0.15, -0.1) is 0 Å². The summed E-state index contributed by atoms with van der Waals surface area (Å²) in [6.45, 7) is 4.27. The molecule has 0 amide bonds. The Morgan fingerprint density at radius 2 is 1.76 bits per heavy atom. The number of nitrogens with one attached hydrogen (secondary N) is 2. The van der Waals surface area contributed by atoms with E-state index in [1.807, 2.05) is 53.3 Å². The SMILES string of the molecule is CN1CCN(c2cccc(Nc3ccc4c(-c5ccn6ncc(-c7cnn(C)c7)c6c5)c[nH]c4n3)c2)CC1. The van der Waals surface area contributed by atoms with Crippen molar-refractivity contribution in [2.75, 3.05) is 43.4 Å². The first-order valence-corrected chi connectivity index (χ1v) is 12.9. The number of piperazine rings is 1. The topological polar surface area (TPSA) is 82.3 Å². The number of hydrogen-bond acceptors (Lipinski definition) is 6. The first-order valence-electron chi connectivity index (χ1n) is 12.9. The molecule has 5 aromatic heterocycles. The highest BCUT2D eigenvalue weighted by molar-refractivity contribution is 5.96. The molecule has 6 aromatic rings. The molecule has 0 bridgehead atoms. The number of benzene rings is 1. The zero-order chi connectivity index (χ0) is 25.6. The van der Waals surface area contributed by atoms with Gasteiger partial charge in [0.2, 0.25) is 0 Å². The summed E-state index contributed by atoms with van der Waals surface area (Å²) in [7, 11) is 4.10. The van der Waals surface area contributed by atoms with Gasteiger partial charge < -0.3 is 20.1 Å². The van der Waals surface area contributed by atoms with E-state index in [0.29, 0.717) is 0 Å². The fourth-order valence-electron chi connectivity index (χ4n) is 5.24. The quantitative estimate of drug-likeness (QED) is 0.353. The van der Waals surface area contributed by atoms with Crippen molar-refractivity contribution >= 4 is 33.7 Å². The molecule has 0 atom stereocenters. The Kier molecular flexibility index (Phi) is 5.36. The van der Waals surface area contributed by atoms with E-state index in [9.17, 15) is 0 Å². The van der Waals surface area contributed by atoms with E-state index in [-0.39, 0.29) is 0 Å². The normalized spacial score (nSPS) is 14.5. The van der Waals surface area contributed by atoms with Crippen LogP contribution in [0, 0.1) is 0 Å². The molecule has 1 aromatic carbocycles. The van der Waals surface area contributed by atoms with Gasteiger partial charge in [-0.05, 0) is 55.1 Å². The lowest BCUT2D eigenvalue weighted by atomic mass is 10.0. The Morgan fingerprint density at radius 1 is 0.868 bits per heavy atom. The molecule has 0 saturated carbocycles. The number of likely N-dealkylation sites (N-methyl/N-ethyl adjacent to an activating group) is 1. The summed E-state index contributed by atoms with van der Waals surface area (Å²) in [4.78, 5) is 13.1. The highest BCUT2D eigenvalue weighted by atomic mass is 15.3. The molecule has 2 N–H and O–H groups in total. The van der Waals surface area contributed by atoms with E-state index in [1.54, 1.807) is 0 Å². The van der Waals surface area contributed by atoms with Crippen LogP contribution < -0.4 is 10.2 Å². The van der Waals surface area contributed by atoms with Crippen LogP contribution in [0.15, 0.2) is 79.5 Å². The Labute approximate surface area is 220 Å². The smallest absolute Gasteiger partial charge is 0.140 e. The second-order valence-electron chi connectivity index (χ2n) is 9.97. The molecule has 6 heterocycles. The Morgan fingerprint density at radius 3 is 2.61 bits per heavy atom. The highest BCUT2D eigenvalue weighted by Crippen LogP contribution is 2.32. The lowest BCUT2D eigenvalue weighted by molar-refractivity contribution is 0.313. The summed E-state index contributed by atoms with van der Waals surface area (Å²) in [6, 6.07) is 17.0. The van der Waals surface area contributed by atoms with Gasteiger partial charge in [0.05, 0.1) is 17.9 Å². The van der Waals surface area contributed by atoms with Crippen LogP contribution in [0.4, 0.5) is 17.2 Å². The van der Waals surface area contributed by atoms with Gasteiger partial charge in [0.1, 0.15) is 11.5 Å². The zero-order valence-corrected chi connectivity index (χ0v) is 21.5. The van der Waals surface area contributed by atoms with E-state index >= 15 is 0 Å². The van der Waals surface area contributed by atoms with Crippen LogP contribution in [0.2, 0.25) is 0 Å². The predicted octanol–water partition coefficient (Wildman–Crippen LogP) is 4.77. The van der Waals surface area contributed by atoms with Gasteiger partial charge in [-0.25, -0.2) is 9.50 Å². The molecule has 190 valence electrons. The van der Waals surface area contributed by atoms with Crippen LogP contribution in [0.25, 0.3) is 38.8 Å². The molecule has 1 saturated heterocycles. The van der Waals surface area contributed by atoms with Crippen molar-refractivity contribution in [3.8, 4) is 22.3 Å². The molecule has 9 heteroatoms. The molecule has 7 rings (SSSR count). The van der Waals surface area contributed by atoms with Crippen LogP contribution in [0.1, 0.15) is 0 Å². The van der Waals surface area contributed by atoms with E-state index in [0.717, 1.165) is 76.5 Å². The van der Waals surface area contributed by atoms with Crippen LogP contribution >= 0.6 is 0 Å². The van der Waals surface area contributed by atoms with E-state index in [1.165, 1.54) is 5.69 Å². The maximum atomic E-state index is 4.87. The molecule has 1 fully saturated rings. The van der Waals surface area contributed by atoms with Gasteiger partial charge in [0.25, 0.3) is 0 Å². The van der Waals surface area contributed by atoms with Gasteiger partial charge in [-0.3, -0.25) is 4.68 Å². The molecule has 0 spiro atoms. The molecule has 38 heavy (non-hydrogen) atoms. The minimum Gasteiger partial charge on any atom is -0.369 e. The van der Waals surface area contributed by atoms with E-state index in [2.05, 4.69) is 79.8 Å². The minimum absolute atomic E-state index is 0.812. The second kappa shape index (κ2) is 9.04. The zero-order valence-electron chi connectivity index (χ0n) is 21.5. The number of hydrogen-bond donors (Lipinski definition) is 2. The lowest BCUT2D eigenvalue weighted by Gasteiger charge is -2.34. The van der Waals surface area contributed by atoms with Gasteiger partial charge in [-0.1, -0.05) is 6.07 Å². The van der Waals surface area contributed by atoms with Crippen LogP contribution in [-0.2, 0) is 7.05 Å². The Hall–Kier alpha value is -4.63. The highest BCUT2D eigenvalue weighted by Gasteiger charge is 2.15. The summed E-state index contributed by atoms with van der Waals surface area (Å²) in [6.07, 6.45) is 9.80. The predicted molar refractivity (Wildman–Crippen MR) is 152 cm³/mol. The Bertz CT molecular complexity index is 1750. The maximum Gasteiger partial charge on any atom is 0.140 e. The van der Waals surface area contributed by atoms with Crippen molar-refractivity contribution in [1.82, 2.24) is 34.3 Å². The third-order valence-electron chi connectivity index (χ3n) is 7.37. The number of anilines is 3. The van der Waals surface area contributed by atoms with Crippen LogP contribution in [0.5, 0.6) is 0 Å². The number of nitrogens with zero attached hydrogens (tertiary/aromatic N) is 7. The first kappa shape index (κ1) is 22.6. The standard InChI is InChI=1S/C29H29N9/c1-35-10-12-37(13-11-35)23-5-3-4-22(15-23)33-28-7-6-24-25(17-30-29(24)34-28)20-8-9-38-27(14-20)26(18-32-38)21-16-31-36(2)19-21/h3-9,14-19H,10-13H2,1-2H3,(H2,30,33,34). The number of H-pyrrole nitrogens is 1. The van der Waals surface area contributed by atoms with Gasteiger partial charge in [0.15, 0.2) is 0 Å². The van der Waals surface area contributed by atoms with E-state index < -0.39 is 0 Å².